The normalized spacial score (nSPS) is 20.6. The minimum Gasteiger partial charge on any atom is -0.475 e. The van der Waals surface area contributed by atoms with Crippen LogP contribution in [0.15, 0.2) is 30.3 Å². The molecule has 0 aromatic heterocycles. The summed E-state index contributed by atoms with van der Waals surface area (Å²) < 4.78 is 5.20. The van der Waals surface area contributed by atoms with E-state index in [-0.39, 0.29) is 0 Å². The van der Waals surface area contributed by atoms with Crippen LogP contribution in [-0.2, 0) is 20.9 Å². The molecule has 0 aliphatic carbocycles. The van der Waals surface area contributed by atoms with E-state index in [2.05, 4.69) is 0 Å². The lowest BCUT2D eigenvalue weighted by atomic mass is 10.1. The molecule has 5 nitrogen and oxygen atoms in total. The summed E-state index contributed by atoms with van der Waals surface area (Å²) in [7, 11) is 0. The van der Waals surface area contributed by atoms with Gasteiger partial charge in [-0.3, -0.25) is 9.69 Å². The molecule has 0 spiro atoms. The molecular formula is C13H15NO4. The van der Waals surface area contributed by atoms with Crippen molar-refractivity contribution in [3.8, 4) is 0 Å². The fraction of sp³-hybridized carbons (Fsp3) is 0.385. The first-order chi connectivity index (χ1) is 8.66. The maximum absolute atomic E-state index is 11.3. The second kappa shape index (κ2) is 5.75. The molecule has 1 heterocycles. The molecule has 18 heavy (non-hydrogen) atoms. The lowest BCUT2D eigenvalue weighted by Gasteiger charge is -2.31. The largest absolute Gasteiger partial charge is 0.475 e. The molecule has 1 saturated heterocycles. The minimum atomic E-state index is -1.43. The summed E-state index contributed by atoms with van der Waals surface area (Å²) in [4.78, 5) is 24.0. The number of benzene rings is 1. The fourth-order valence-corrected chi connectivity index (χ4v) is 1.98. The Kier molecular flexibility index (Phi) is 4.07. The molecule has 0 saturated carbocycles. The molecule has 1 unspecified atom stereocenters. The van der Waals surface area contributed by atoms with Gasteiger partial charge in [-0.1, -0.05) is 30.3 Å². The number of aliphatic carboxylic acids is 1. The lowest BCUT2D eigenvalue weighted by Crippen LogP contribution is -2.47. The highest BCUT2D eigenvalue weighted by Crippen LogP contribution is 2.11. The van der Waals surface area contributed by atoms with Gasteiger partial charge in [0, 0.05) is 19.6 Å². The fourth-order valence-electron chi connectivity index (χ4n) is 1.98. The molecule has 1 aromatic rings. The van der Waals surface area contributed by atoms with Gasteiger partial charge in [-0.05, 0) is 5.56 Å². The number of morpholine rings is 1. The van der Waals surface area contributed by atoms with Crippen molar-refractivity contribution in [2.24, 2.45) is 0 Å². The van der Waals surface area contributed by atoms with Crippen molar-refractivity contribution >= 4 is 11.8 Å². The van der Waals surface area contributed by atoms with Crippen LogP contribution < -0.4 is 0 Å². The van der Waals surface area contributed by atoms with Gasteiger partial charge in [-0.25, -0.2) is 4.79 Å². The number of hydrogen-bond donors (Lipinski definition) is 1. The number of ether oxygens (including phenoxy) is 1. The van der Waals surface area contributed by atoms with Gasteiger partial charge in [0.25, 0.3) is 5.78 Å². The van der Waals surface area contributed by atoms with Crippen LogP contribution in [0.5, 0.6) is 0 Å². The zero-order valence-electron chi connectivity index (χ0n) is 9.91. The highest BCUT2D eigenvalue weighted by Gasteiger charge is 2.30. The zero-order chi connectivity index (χ0) is 13.0. The SMILES string of the molecule is O=C(O)C(=O)C1CN(Cc2ccccc2)CCO1. The summed E-state index contributed by atoms with van der Waals surface area (Å²) in [5.41, 5.74) is 1.14. The maximum atomic E-state index is 11.3. The molecule has 1 aliphatic heterocycles. The molecule has 5 heteroatoms. The van der Waals surface area contributed by atoms with E-state index in [1.165, 1.54) is 0 Å². The standard InChI is InChI=1S/C13H15NO4/c15-12(13(16)17)11-9-14(6-7-18-11)8-10-4-2-1-3-5-10/h1-5,11H,6-9H2,(H,16,17). The van der Waals surface area contributed by atoms with E-state index in [1.807, 2.05) is 35.2 Å². The summed E-state index contributed by atoms with van der Waals surface area (Å²) in [5, 5.41) is 8.66. The first-order valence-electron chi connectivity index (χ1n) is 5.82. The van der Waals surface area contributed by atoms with Crippen LogP contribution in [0.1, 0.15) is 5.56 Å². The second-order valence-electron chi connectivity index (χ2n) is 4.25. The molecule has 1 atom stereocenters. The van der Waals surface area contributed by atoms with Crippen LogP contribution in [0.3, 0.4) is 0 Å². The Hall–Kier alpha value is -1.72. The van der Waals surface area contributed by atoms with Crippen molar-refractivity contribution in [3.05, 3.63) is 35.9 Å². The van der Waals surface area contributed by atoms with Crippen LogP contribution in [0.25, 0.3) is 0 Å². The van der Waals surface area contributed by atoms with Gasteiger partial charge in [0.15, 0.2) is 0 Å². The van der Waals surface area contributed by atoms with Crippen molar-refractivity contribution in [1.29, 1.82) is 0 Å². The summed E-state index contributed by atoms with van der Waals surface area (Å²) >= 11 is 0. The van der Waals surface area contributed by atoms with Crippen molar-refractivity contribution < 1.29 is 19.4 Å². The molecule has 0 radical (unpaired) electrons. The van der Waals surface area contributed by atoms with Crippen molar-refractivity contribution in [2.45, 2.75) is 12.6 Å². The molecule has 1 N–H and O–H groups in total. The van der Waals surface area contributed by atoms with E-state index < -0.39 is 17.9 Å². The molecular weight excluding hydrogens is 234 g/mol. The Labute approximate surface area is 105 Å². The van der Waals surface area contributed by atoms with Gasteiger partial charge in [0.1, 0.15) is 6.10 Å². The Morgan fingerprint density at radius 1 is 1.33 bits per heavy atom. The summed E-state index contributed by atoms with van der Waals surface area (Å²) in [6.07, 6.45) is -0.847. The van der Waals surface area contributed by atoms with Crippen molar-refractivity contribution in [3.63, 3.8) is 0 Å². The average Bonchev–Trinajstić information content (AvgIpc) is 2.39. The van der Waals surface area contributed by atoms with Crippen LogP contribution >= 0.6 is 0 Å². The Morgan fingerprint density at radius 2 is 2.06 bits per heavy atom. The van der Waals surface area contributed by atoms with Crippen LogP contribution in [0.4, 0.5) is 0 Å². The third-order valence-electron chi connectivity index (χ3n) is 2.90. The molecule has 96 valence electrons. The highest BCUT2D eigenvalue weighted by atomic mass is 16.5. The molecule has 0 bridgehead atoms. The Morgan fingerprint density at radius 3 is 2.72 bits per heavy atom. The van der Waals surface area contributed by atoms with Crippen molar-refractivity contribution in [2.75, 3.05) is 19.7 Å². The lowest BCUT2D eigenvalue weighted by molar-refractivity contribution is -0.157. The number of hydrogen-bond acceptors (Lipinski definition) is 4. The number of carboxylic acids is 1. The number of ketones is 1. The number of rotatable bonds is 4. The van der Waals surface area contributed by atoms with Crippen LogP contribution in [0, 0.1) is 0 Å². The predicted molar refractivity (Wildman–Crippen MR) is 64.1 cm³/mol. The smallest absolute Gasteiger partial charge is 0.375 e. The highest BCUT2D eigenvalue weighted by molar-refractivity contribution is 6.34. The Balaban J connectivity index is 1.95. The van der Waals surface area contributed by atoms with E-state index in [0.717, 1.165) is 5.56 Å². The van der Waals surface area contributed by atoms with Gasteiger partial charge >= 0.3 is 5.97 Å². The number of carboxylic acid groups (broad SMARTS) is 1. The zero-order valence-corrected chi connectivity index (χ0v) is 9.91. The summed E-state index contributed by atoms with van der Waals surface area (Å²) in [5.74, 6) is -2.30. The molecule has 0 amide bonds. The first kappa shape index (κ1) is 12.7. The van der Waals surface area contributed by atoms with Gasteiger partial charge in [-0.15, -0.1) is 0 Å². The average molecular weight is 249 g/mol. The van der Waals surface area contributed by atoms with E-state index in [1.54, 1.807) is 0 Å². The van der Waals surface area contributed by atoms with Gasteiger partial charge < -0.3 is 9.84 Å². The number of nitrogens with zero attached hydrogens (tertiary/aromatic N) is 1. The van der Waals surface area contributed by atoms with Gasteiger partial charge in [-0.2, -0.15) is 0 Å². The molecule has 1 aliphatic rings. The summed E-state index contributed by atoms with van der Waals surface area (Å²) in [6.45, 7) is 2.13. The number of carbonyl (C=O) groups excluding carboxylic acids is 1. The van der Waals surface area contributed by atoms with Gasteiger partial charge in [0.05, 0.1) is 6.61 Å². The van der Waals surface area contributed by atoms with E-state index in [4.69, 9.17) is 9.84 Å². The first-order valence-corrected chi connectivity index (χ1v) is 5.82. The maximum Gasteiger partial charge on any atom is 0.375 e. The van der Waals surface area contributed by atoms with Crippen LogP contribution in [0.2, 0.25) is 0 Å². The third kappa shape index (κ3) is 3.15. The number of carbonyl (C=O) groups is 2. The second-order valence-corrected chi connectivity index (χ2v) is 4.25. The van der Waals surface area contributed by atoms with Gasteiger partial charge in [0.2, 0.25) is 0 Å². The molecule has 1 fully saturated rings. The number of Topliss-reactive ketones (excluding diaryl/α,β-unsaturated/α-hetero) is 1. The van der Waals surface area contributed by atoms with E-state index in [9.17, 15) is 9.59 Å². The monoisotopic (exact) mass is 249 g/mol. The van der Waals surface area contributed by atoms with Crippen LogP contribution in [-0.4, -0.2) is 47.6 Å². The van der Waals surface area contributed by atoms with E-state index >= 15 is 0 Å². The topological polar surface area (TPSA) is 66.8 Å². The molecule has 1 aromatic carbocycles. The van der Waals surface area contributed by atoms with Crippen molar-refractivity contribution in [1.82, 2.24) is 4.90 Å². The minimum absolute atomic E-state index is 0.333. The Bertz CT molecular complexity index is 432. The summed E-state index contributed by atoms with van der Waals surface area (Å²) in [6, 6.07) is 9.86. The third-order valence-corrected chi connectivity index (χ3v) is 2.90. The predicted octanol–water partition coefficient (Wildman–Crippen LogP) is 0.541. The van der Waals surface area contributed by atoms with E-state index in [0.29, 0.717) is 26.2 Å². The quantitative estimate of drug-likeness (QED) is 0.789. The molecule has 2 rings (SSSR count).